The molecule has 0 spiro atoms. The molecule has 0 saturated heterocycles. The first-order valence-electron chi connectivity index (χ1n) is 8.28. The molecule has 3 rings (SSSR count). The minimum Gasteiger partial charge on any atom is -0.508 e. The Labute approximate surface area is 141 Å². The fourth-order valence-corrected chi connectivity index (χ4v) is 3.48. The van der Waals surface area contributed by atoms with Gasteiger partial charge >= 0.3 is 0 Å². The van der Waals surface area contributed by atoms with Gasteiger partial charge in [0.05, 0.1) is 11.8 Å². The average molecular weight is 328 g/mol. The second kappa shape index (κ2) is 6.71. The molecule has 3 unspecified atom stereocenters. The van der Waals surface area contributed by atoms with Crippen LogP contribution in [0.15, 0.2) is 36.4 Å². The molecule has 128 valence electrons. The number of phenols is 2. The third-order valence-corrected chi connectivity index (χ3v) is 4.75. The Bertz CT molecular complexity index is 715. The largest absolute Gasteiger partial charge is 0.508 e. The van der Waals surface area contributed by atoms with E-state index >= 15 is 0 Å². The van der Waals surface area contributed by atoms with Crippen molar-refractivity contribution in [1.29, 1.82) is 0 Å². The standard InChI is InChI=1S/C19H24N2O3/c1-11(10-12-2-4-13(22)5-3-12)21-16-8-6-14-15(19(16)24)7-9-17(23)18(14)20/h2-5,7,9,11,16,19,21-24H,6,8,10,20H2,1H3. The number of rotatable bonds is 4. The monoisotopic (exact) mass is 328 g/mol. The Morgan fingerprint density at radius 3 is 2.58 bits per heavy atom. The summed E-state index contributed by atoms with van der Waals surface area (Å²) in [6.07, 6.45) is 1.67. The van der Waals surface area contributed by atoms with Crippen molar-refractivity contribution < 1.29 is 15.3 Å². The first-order valence-corrected chi connectivity index (χ1v) is 8.28. The van der Waals surface area contributed by atoms with Crippen LogP contribution in [0.5, 0.6) is 11.5 Å². The fraction of sp³-hybridized carbons (Fsp3) is 0.368. The van der Waals surface area contributed by atoms with E-state index in [-0.39, 0.29) is 23.6 Å². The molecule has 5 heteroatoms. The lowest BCUT2D eigenvalue weighted by Crippen LogP contribution is -2.44. The van der Waals surface area contributed by atoms with Crippen LogP contribution in [0.3, 0.4) is 0 Å². The van der Waals surface area contributed by atoms with Gasteiger partial charge in [-0.1, -0.05) is 18.2 Å². The zero-order chi connectivity index (χ0) is 17.3. The molecule has 5 nitrogen and oxygen atoms in total. The molecule has 1 aliphatic rings. The smallest absolute Gasteiger partial charge is 0.138 e. The maximum absolute atomic E-state index is 10.7. The summed E-state index contributed by atoms with van der Waals surface area (Å²) >= 11 is 0. The minimum atomic E-state index is -0.640. The summed E-state index contributed by atoms with van der Waals surface area (Å²) in [6.45, 7) is 2.08. The van der Waals surface area contributed by atoms with Crippen molar-refractivity contribution >= 4 is 5.69 Å². The predicted octanol–water partition coefficient (Wildman–Crippen LogP) is 2.25. The summed E-state index contributed by atoms with van der Waals surface area (Å²) in [4.78, 5) is 0. The molecule has 24 heavy (non-hydrogen) atoms. The summed E-state index contributed by atoms with van der Waals surface area (Å²) in [5.41, 5.74) is 9.08. The molecule has 2 aromatic rings. The molecular weight excluding hydrogens is 304 g/mol. The third kappa shape index (κ3) is 3.32. The first-order chi connectivity index (χ1) is 11.5. The number of nitrogens with one attached hydrogen (secondary N) is 1. The lowest BCUT2D eigenvalue weighted by atomic mass is 9.84. The molecule has 3 atom stereocenters. The number of nitrogens with two attached hydrogens (primary N) is 1. The van der Waals surface area contributed by atoms with Crippen LogP contribution in [0, 0.1) is 0 Å². The molecular formula is C19H24N2O3. The molecule has 2 aromatic carbocycles. The zero-order valence-corrected chi connectivity index (χ0v) is 13.7. The fourth-order valence-electron chi connectivity index (χ4n) is 3.48. The van der Waals surface area contributed by atoms with Gasteiger partial charge in [0, 0.05) is 12.1 Å². The Hall–Kier alpha value is -2.24. The number of hydrogen-bond acceptors (Lipinski definition) is 5. The molecule has 0 bridgehead atoms. The zero-order valence-electron chi connectivity index (χ0n) is 13.7. The average Bonchev–Trinajstić information content (AvgIpc) is 2.56. The van der Waals surface area contributed by atoms with E-state index in [1.807, 2.05) is 12.1 Å². The highest BCUT2D eigenvalue weighted by atomic mass is 16.3. The van der Waals surface area contributed by atoms with Crippen LogP contribution in [-0.2, 0) is 12.8 Å². The molecule has 0 heterocycles. The van der Waals surface area contributed by atoms with E-state index in [9.17, 15) is 15.3 Å². The molecule has 6 N–H and O–H groups in total. The number of nitrogen functional groups attached to an aromatic ring is 1. The second-order valence-corrected chi connectivity index (χ2v) is 6.59. The maximum Gasteiger partial charge on any atom is 0.138 e. The molecule has 0 aromatic heterocycles. The molecule has 0 aliphatic heterocycles. The number of benzene rings is 2. The summed E-state index contributed by atoms with van der Waals surface area (Å²) in [6, 6.07) is 10.6. The van der Waals surface area contributed by atoms with Crippen LogP contribution < -0.4 is 11.1 Å². The van der Waals surface area contributed by atoms with E-state index in [2.05, 4.69) is 12.2 Å². The first kappa shape index (κ1) is 16.6. The number of anilines is 1. The SMILES string of the molecule is CC(Cc1ccc(O)cc1)NC1CCc2c(ccc(O)c2N)C1O. The van der Waals surface area contributed by atoms with Crippen LogP contribution in [0.25, 0.3) is 0 Å². The van der Waals surface area contributed by atoms with Gasteiger partial charge in [-0.05, 0) is 61.1 Å². The van der Waals surface area contributed by atoms with Gasteiger partial charge in [-0.15, -0.1) is 0 Å². The highest BCUT2D eigenvalue weighted by Gasteiger charge is 2.30. The number of phenolic OH excluding ortho intramolecular Hbond substituents is 2. The summed E-state index contributed by atoms with van der Waals surface area (Å²) in [5.74, 6) is 0.340. The van der Waals surface area contributed by atoms with Crippen molar-refractivity contribution in [3.05, 3.63) is 53.1 Å². The number of aromatic hydroxyl groups is 2. The second-order valence-electron chi connectivity index (χ2n) is 6.59. The van der Waals surface area contributed by atoms with Crippen LogP contribution in [0.2, 0.25) is 0 Å². The Morgan fingerprint density at radius 1 is 1.17 bits per heavy atom. The van der Waals surface area contributed by atoms with Crippen LogP contribution >= 0.6 is 0 Å². The Balaban J connectivity index is 1.67. The molecule has 0 amide bonds. The summed E-state index contributed by atoms with van der Waals surface area (Å²) < 4.78 is 0. The lowest BCUT2D eigenvalue weighted by molar-refractivity contribution is 0.109. The van der Waals surface area contributed by atoms with E-state index in [1.165, 1.54) is 0 Å². The van der Waals surface area contributed by atoms with Gasteiger partial charge in [0.25, 0.3) is 0 Å². The Morgan fingerprint density at radius 2 is 1.88 bits per heavy atom. The molecule has 1 aliphatic carbocycles. The summed E-state index contributed by atoms with van der Waals surface area (Å²) in [5, 5.41) is 33.2. The van der Waals surface area contributed by atoms with Gasteiger partial charge < -0.3 is 26.4 Å². The van der Waals surface area contributed by atoms with E-state index in [1.54, 1.807) is 24.3 Å². The predicted molar refractivity (Wildman–Crippen MR) is 94.0 cm³/mol. The molecule has 0 saturated carbocycles. The minimum absolute atomic E-state index is 0.0476. The lowest BCUT2D eigenvalue weighted by Gasteiger charge is -2.33. The van der Waals surface area contributed by atoms with Gasteiger partial charge in [-0.2, -0.15) is 0 Å². The molecule has 0 radical (unpaired) electrons. The molecule has 0 fully saturated rings. The van der Waals surface area contributed by atoms with E-state index < -0.39 is 6.10 Å². The topological polar surface area (TPSA) is 98.7 Å². The van der Waals surface area contributed by atoms with Crippen molar-refractivity contribution in [3.8, 4) is 11.5 Å². The van der Waals surface area contributed by atoms with Gasteiger partial charge in [-0.3, -0.25) is 0 Å². The van der Waals surface area contributed by atoms with Crippen molar-refractivity contribution in [2.24, 2.45) is 0 Å². The highest BCUT2D eigenvalue weighted by molar-refractivity contribution is 5.62. The van der Waals surface area contributed by atoms with Crippen LogP contribution in [-0.4, -0.2) is 27.4 Å². The third-order valence-electron chi connectivity index (χ3n) is 4.75. The highest BCUT2D eigenvalue weighted by Crippen LogP contribution is 2.37. The van der Waals surface area contributed by atoms with Crippen molar-refractivity contribution in [3.63, 3.8) is 0 Å². The van der Waals surface area contributed by atoms with Crippen LogP contribution in [0.1, 0.15) is 36.1 Å². The number of aliphatic hydroxyl groups excluding tert-OH is 1. The van der Waals surface area contributed by atoms with Gasteiger partial charge in [0.1, 0.15) is 11.5 Å². The quantitative estimate of drug-likeness (QED) is 0.438. The normalized spacial score (nSPS) is 21.2. The van der Waals surface area contributed by atoms with E-state index in [4.69, 9.17) is 5.73 Å². The number of hydrogen-bond donors (Lipinski definition) is 5. The van der Waals surface area contributed by atoms with Crippen molar-refractivity contribution in [1.82, 2.24) is 5.32 Å². The van der Waals surface area contributed by atoms with Gasteiger partial charge in [0.2, 0.25) is 0 Å². The van der Waals surface area contributed by atoms with Gasteiger partial charge in [-0.25, -0.2) is 0 Å². The number of aliphatic hydroxyl groups is 1. The number of fused-ring (bicyclic) bond motifs is 1. The Kier molecular flexibility index (Phi) is 4.64. The maximum atomic E-state index is 10.7. The van der Waals surface area contributed by atoms with E-state index in [0.717, 1.165) is 36.0 Å². The van der Waals surface area contributed by atoms with Crippen molar-refractivity contribution in [2.45, 2.75) is 44.4 Å². The van der Waals surface area contributed by atoms with Crippen LogP contribution in [0.4, 0.5) is 5.69 Å². The van der Waals surface area contributed by atoms with E-state index in [0.29, 0.717) is 5.69 Å². The van der Waals surface area contributed by atoms with Crippen molar-refractivity contribution in [2.75, 3.05) is 5.73 Å². The summed E-state index contributed by atoms with van der Waals surface area (Å²) in [7, 11) is 0. The van der Waals surface area contributed by atoms with Gasteiger partial charge in [0.15, 0.2) is 0 Å².